The number of hydrogen-bond acceptors (Lipinski definition) is 2. The summed E-state index contributed by atoms with van der Waals surface area (Å²) in [7, 11) is 4.16. The Balaban J connectivity index is 0.000000771. The minimum atomic E-state index is 0.154. The van der Waals surface area contributed by atoms with Crippen molar-refractivity contribution in [3.8, 4) is 0 Å². The van der Waals surface area contributed by atoms with E-state index in [-0.39, 0.29) is 11.0 Å². The van der Waals surface area contributed by atoms with Crippen LogP contribution in [0.1, 0.15) is 47.1 Å². The summed E-state index contributed by atoms with van der Waals surface area (Å²) in [6.07, 6.45) is 0. The molecule has 2 heteroatoms. The fourth-order valence-electron chi connectivity index (χ4n) is 2.53. The van der Waals surface area contributed by atoms with E-state index in [1.165, 1.54) is 16.9 Å². The minimum Gasteiger partial charge on any atom is -0.388 e. The molecule has 0 aromatic heterocycles. The molecule has 2 nitrogen and oxygen atoms in total. The highest BCUT2D eigenvalue weighted by Gasteiger charge is 2.49. The van der Waals surface area contributed by atoms with Gasteiger partial charge in [-0.3, -0.25) is 0 Å². The molecule has 102 valence electrons. The average molecular weight is 248 g/mol. The van der Waals surface area contributed by atoms with E-state index >= 15 is 0 Å². The number of anilines is 2. The van der Waals surface area contributed by atoms with E-state index in [4.69, 9.17) is 0 Å². The van der Waals surface area contributed by atoms with E-state index in [1.807, 2.05) is 20.9 Å². The van der Waals surface area contributed by atoms with E-state index in [0.717, 1.165) is 0 Å². The molecule has 1 aliphatic heterocycles. The predicted octanol–water partition coefficient (Wildman–Crippen LogP) is 4.26. The number of hydrogen-bond donors (Lipinski definition) is 1. The van der Waals surface area contributed by atoms with Crippen LogP contribution in [-0.2, 0) is 5.41 Å². The zero-order chi connectivity index (χ0) is 14.1. The molecule has 0 unspecified atom stereocenters. The Kier molecular flexibility index (Phi) is 3.99. The zero-order valence-electron chi connectivity index (χ0n) is 13.2. The van der Waals surface area contributed by atoms with Crippen molar-refractivity contribution >= 4 is 11.4 Å². The molecule has 2 rings (SSSR count). The summed E-state index contributed by atoms with van der Waals surface area (Å²) >= 11 is 0. The van der Waals surface area contributed by atoms with Gasteiger partial charge in [-0.15, -0.1) is 0 Å². The average Bonchev–Trinajstić information content (AvgIpc) is 2.50. The maximum Gasteiger partial charge on any atom is 0.0434 e. The molecule has 0 fully saturated rings. The van der Waals surface area contributed by atoms with Crippen LogP contribution < -0.4 is 10.2 Å². The molecule has 0 atom stereocenters. The van der Waals surface area contributed by atoms with Gasteiger partial charge in [0.25, 0.3) is 0 Å². The first-order valence-corrected chi connectivity index (χ1v) is 6.88. The fourth-order valence-corrected chi connectivity index (χ4v) is 2.53. The lowest BCUT2D eigenvalue weighted by atomic mass is 9.72. The third-order valence-corrected chi connectivity index (χ3v) is 4.69. The first kappa shape index (κ1) is 14.9. The quantitative estimate of drug-likeness (QED) is 0.799. The Hall–Kier alpha value is -1.18. The molecule has 0 saturated heterocycles. The Morgan fingerprint density at radius 1 is 1.06 bits per heavy atom. The van der Waals surface area contributed by atoms with Gasteiger partial charge < -0.3 is 10.2 Å². The van der Waals surface area contributed by atoms with Crippen molar-refractivity contribution in [1.29, 1.82) is 0 Å². The lowest BCUT2D eigenvalue weighted by Gasteiger charge is -2.40. The van der Waals surface area contributed by atoms with Gasteiger partial charge in [0.15, 0.2) is 0 Å². The number of fused-ring (bicyclic) bond motifs is 1. The highest BCUT2D eigenvalue weighted by atomic mass is 15.2. The van der Waals surface area contributed by atoms with E-state index in [0.29, 0.717) is 0 Å². The van der Waals surface area contributed by atoms with Crippen molar-refractivity contribution in [2.24, 2.45) is 0 Å². The summed E-state index contributed by atoms with van der Waals surface area (Å²) in [6, 6.07) is 6.64. The van der Waals surface area contributed by atoms with Crippen molar-refractivity contribution in [3.05, 3.63) is 23.8 Å². The largest absolute Gasteiger partial charge is 0.388 e. The van der Waals surface area contributed by atoms with Crippen molar-refractivity contribution < 1.29 is 0 Å². The Labute approximate surface area is 112 Å². The van der Waals surface area contributed by atoms with Crippen LogP contribution in [0.4, 0.5) is 11.4 Å². The predicted molar refractivity (Wildman–Crippen MR) is 82.8 cm³/mol. The topological polar surface area (TPSA) is 15.3 Å². The van der Waals surface area contributed by atoms with Crippen LogP contribution >= 0.6 is 0 Å². The van der Waals surface area contributed by atoms with Crippen molar-refractivity contribution in [3.63, 3.8) is 0 Å². The number of nitrogens with one attached hydrogen (secondary N) is 1. The number of benzene rings is 1. The van der Waals surface area contributed by atoms with Crippen LogP contribution in [0.15, 0.2) is 18.2 Å². The Morgan fingerprint density at radius 3 is 2.11 bits per heavy atom. The molecule has 0 bridgehead atoms. The monoisotopic (exact) mass is 248 g/mol. The van der Waals surface area contributed by atoms with Gasteiger partial charge in [-0.2, -0.15) is 0 Å². The third kappa shape index (κ3) is 1.88. The molecule has 0 amide bonds. The zero-order valence-corrected chi connectivity index (χ0v) is 13.2. The molecule has 0 radical (unpaired) electrons. The maximum atomic E-state index is 3.22. The molecule has 1 aromatic rings. The summed E-state index contributed by atoms with van der Waals surface area (Å²) in [6.45, 7) is 13.3. The van der Waals surface area contributed by atoms with Crippen LogP contribution in [0.3, 0.4) is 0 Å². The van der Waals surface area contributed by atoms with Crippen molar-refractivity contribution in [1.82, 2.24) is 0 Å². The van der Waals surface area contributed by atoms with Gasteiger partial charge in [0.2, 0.25) is 0 Å². The highest BCUT2D eigenvalue weighted by molar-refractivity contribution is 5.69. The Bertz CT molecular complexity index is 419. The summed E-state index contributed by atoms with van der Waals surface area (Å²) in [5, 5.41) is 3.22. The summed E-state index contributed by atoms with van der Waals surface area (Å²) in [5.74, 6) is 0. The van der Waals surface area contributed by atoms with Gasteiger partial charge >= 0.3 is 0 Å². The summed E-state index contributed by atoms with van der Waals surface area (Å²) in [4.78, 5) is 2.39. The molecule has 1 aliphatic rings. The van der Waals surface area contributed by atoms with Gasteiger partial charge in [0.1, 0.15) is 0 Å². The molecule has 1 heterocycles. The molecule has 0 spiro atoms. The number of likely N-dealkylation sites (N-methyl/N-ethyl adjacent to an activating group) is 1. The van der Waals surface area contributed by atoms with Gasteiger partial charge in [0.05, 0.1) is 0 Å². The summed E-state index contributed by atoms with van der Waals surface area (Å²) < 4.78 is 0. The normalized spacial score (nSPS) is 18.8. The second-order valence-electron chi connectivity index (χ2n) is 5.72. The first-order valence-electron chi connectivity index (χ1n) is 6.88. The molecule has 1 aromatic carbocycles. The number of nitrogens with zero attached hydrogens (tertiary/aromatic N) is 1. The maximum absolute atomic E-state index is 3.22. The molecular formula is C16H28N2. The van der Waals surface area contributed by atoms with Crippen LogP contribution in [0, 0.1) is 0 Å². The molecular weight excluding hydrogens is 220 g/mol. The Morgan fingerprint density at radius 2 is 1.61 bits per heavy atom. The van der Waals surface area contributed by atoms with Crippen molar-refractivity contribution in [2.75, 3.05) is 24.3 Å². The highest BCUT2D eigenvalue weighted by Crippen LogP contribution is 2.51. The third-order valence-electron chi connectivity index (χ3n) is 4.69. The van der Waals surface area contributed by atoms with E-state index in [1.54, 1.807) is 0 Å². The van der Waals surface area contributed by atoms with E-state index in [2.05, 4.69) is 63.2 Å². The van der Waals surface area contributed by atoms with Gasteiger partial charge in [-0.05, 0) is 37.6 Å². The van der Waals surface area contributed by atoms with Crippen LogP contribution in [0.25, 0.3) is 0 Å². The fraction of sp³-hybridized carbons (Fsp3) is 0.625. The standard InChI is InChI=1S/C14H22N2.C2H6/c1-13(2)11-9-10(15-5)7-8-12(11)16(6)14(13,3)4;1-2/h7-9,15H,1-6H3;1-2H3. The smallest absolute Gasteiger partial charge is 0.0434 e. The second kappa shape index (κ2) is 4.83. The van der Waals surface area contributed by atoms with E-state index in [9.17, 15) is 0 Å². The molecule has 18 heavy (non-hydrogen) atoms. The molecule has 1 N–H and O–H groups in total. The SMILES string of the molecule is CC.CNc1ccc2c(c1)C(C)(C)C(C)(C)N2C. The summed E-state index contributed by atoms with van der Waals surface area (Å²) in [5.41, 5.74) is 4.31. The molecule has 0 aliphatic carbocycles. The van der Waals surface area contributed by atoms with Gasteiger partial charge in [-0.1, -0.05) is 27.7 Å². The molecule has 0 saturated carbocycles. The lowest BCUT2D eigenvalue weighted by molar-refractivity contribution is 0.322. The first-order chi connectivity index (χ1) is 8.32. The minimum absolute atomic E-state index is 0.154. The van der Waals surface area contributed by atoms with Crippen molar-refractivity contribution in [2.45, 2.75) is 52.5 Å². The van der Waals surface area contributed by atoms with Crippen LogP contribution in [0.5, 0.6) is 0 Å². The van der Waals surface area contributed by atoms with E-state index < -0.39 is 0 Å². The lowest BCUT2D eigenvalue weighted by Crippen LogP contribution is -2.49. The van der Waals surface area contributed by atoms with Crippen LogP contribution in [-0.4, -0.2) is 19.6 Å². The van der Waals surface area contributed by atoms with Gasteiger partial charge in [0, 0.05) is 36.4 Å². The van der Waals surface area contributed by atoms with Crippen LogP contribution in [0.2, 0.25) is 0 Å². The number of rotatable bonds is 1. The van der Waals surface area contributed by atoms with Gasteiger partial charge in [-0.25, -0.2) is 0 Å². The second-order valence-corrected chi connectivity index (χ2v) is 5.72.